The third-order valence-electron chi connectivity index (χ3n) is 8.00. The number of hydrogen-bond donors (Lipinski definition) is 1. The predicted octanol–water partition coefficient (Wildman–Crippen LogP) is 5.54. The first-order valence-electron chi connectivity index (χ1n) is 14.2. The Morgan fingerprint density at radius 2 is 1.45 bits per heavy atom. The van der Waals surface area contributed by atoms with E-state index in [1.54, 1.807) is 6.20 Å². The zero-order valence-corrected chi connectivity index (χ0v) is 23.3. The summed E-state index contributed by atoms with van der Waals surface area (Å²) in [6, 6.07) is 35.3. The molecule has 1 aliphatic rings. The van der Waals surface area contributed by atoms with Gasteiger partial charge >= 0.3 is 0 Å². The van der Waals surface area contributed by atoms with E-state index in [1.165, 1.54) is 0 Å². The maximum absolute atomic E-state index is 6.35. The highest BCUT2D eigenvalue weighted by atomic mass is 16.5. The van der Waals surface area contributed by atoms with E-state index < -0.39 is 5.54 Å². The Morgan fingerprint density at radius 3 is 2.05 bits per heavy atom. The molecule has 0 saturated carbocycles. The van der Waals surface area contributed by atoms with Crippen molar-refractivity contribution in [2.24, 2.45) is 0 Å². The van der Waals surface area contributed by atoms with E-state index in [2.05, 4.69) is 89.6 Å². The number of nitrogens with zero attached hydrogens (tertiary/aromatic N) is 6. The lowest BCUT2D eigenvalue weighted by Crippen LogP contribution is -2.44. The predicted molar refractivity (Wildman–Crippen MR) is 165 cm³/mol. The Balaban J connectivity index is 1.47. The standard InChI is InChI=1S/C34H31N7O/c1-24-23-42-20-19-40(24)31-21-30(35)38-32(39-31)28-17-18-36-33-29(28)22-37-41(33)34(25-11-5-2-6-12-25,26-13-7-3-8-14-26)27-15-9-4-10-16-27/h2-18,21-22,24H,19-20,23H2,1H3,(H2,35,38,39). The number of rotatable bonds is 6. The highest BCUT2D eigenvalue weighted by Crippen LogP contribution is 2.42. The second kappa shape index (κ2) is 10.7. The quantitative estimate of drug-likeness (QED) is 0.271. The van der Waals surface area contributed by atoms with Gasteiger partial charge in [-0.25, -0.2) is 19.6 Å². The third-order valence-corrected chi connectivity index (χ3v) is 8.00. The van der Waals surface area contributed by atoms with Crippen LogP contribution in [0, 0.1) is 0 Å². The Morgan fingerprint density at radius 1 is 0.833 bits per heavy atom. The lowest BCUT2D eigenvalue weighted by atomic mass is 9.77. The first-order valence-corrected chi connectivity index (χ1v) is 14.2. The van der Waals surface area contributed by atoms with Gasteiger partial charge in [0.15, 0.2) is 11.5 Å². The van der Waals surface area contributed by atoms with Gasteiger partial charge in [0.2, 0.25) is 0 Å². The Bertz CT molecular complexity index is 1730. The highest BCUT2D eigenvalue weighted by molar-refractivity contribution is 5.91. The number of fused-ring (bicyclic) bond motifs is 1. The molecule has 0 aliphatic carbocycles. The van der Waals surface area contributed by atoms with Gasteiger partial charge in [-0.3, -0.25) is 0 Å². The molecule has 8 heteroatoms. The van der Waals surface area contributed by atoms with Crippen molar-refractivity contribution in [2.75, 3.05) is 30.4 Å². The van der Waals surface area contributed by atoms with E-state index in [4.69, 9.17) is 25.5 Å². The SMILES string of the molecule is CC1COCCN1c1cc(N)nc(-c2ccnc3c2cnn3C(c2ccccc2)(c2ccccc2)c2ccccc2)n1. The van der Waals surface area contributed by atoms with Gasteiger partial charge in [0.05, 0.1) is 30.8 Å². The molecule has 7 rings (SSSR count). The lowest BCUT2D eigenvalue weighted by molar-refractivity contribution is 0.0985. The molecule has 1 saturated heterocycles. The maximum Gasteiger partial charge on any atom is 0.164 e. The molecule has 42 heavy (non-hydrogen) atoms. The summed E-state index contributed by atoms with van der Waals surface area (Å²) in [5, 5.41) is 5.91. The molecule has 1 atom stereocenters. The average Bonchev–Trinajstić information content (AvgIpc) is 3.48. The van der Waals surface area contributed by atoms with Gasteiger partial charge in [0.25, 0.3) is 0 Å². The van der Waals surface area contributed by atoms with E-state index in [0.717, 1.165) is 45.6 Å². The molecule has 1 fully saturated rings. The van der Waals surface area contributed by atoms with Crippen molar-refractivity contribution in [1.29, 1.82) is 0 Å². The molecule has 8 nitrogen and oxygen atoms in total. The molecule has 2 N–H and O–H groups in total. The van der Waals surface area contributed by atoms with Gasteiger partial charge in [0, 0.05) is 24.4 Å². The molecule has 0 radical (unpaired) electrons. The summed E-state index contributed by atoms with van der Waals surface area (Å²) in [4.78, 5) is 16.8. The average molecular weight is 554 g/mol. The van der Waals surface area contributed by atoms with Crippen molar-refractivity contribution >= 4 is 22.7 Å². The minimum Gasteiger partial charge on any atom is -0.384 e. The lowest BCUT2D eigenvalue weighted by Gasteiger charge is -2.36. The highest BCUT2D eigenvalue weighted by Gasteiger charge is 2.41. The van der Waals surface area contributed by atoms with Crippen molar-refractivity contribution < 1.29 is 4.74 Å². The van der Waals surface area contributed by atoms with E-state index in [-0.39, 0.29) is 6.04 Å². The molecule has 6 aromatic rings. The van der Waals surface area contributed by atoms with Crippen LogP contribution in [0.4, 0.5) is 11.6 Å². The van der Waals surface area contributed by atoms with Gasteiger partial charge in [-0.2, -0.15) is 5.10 Å². The van der Waals surface area contributed by atoms with Crippen molar-refractivity contribution in [2.45, 2.75) is 18.5 Å². The zero-order chi connectivity index (χ0) is 28.5. The number of nitrogens with two attached hydrogens (primary N) is 1. The number of ether oxygens (including phenoxy) is 1. The Labute approximate surface area is 244 Å². The van der Waals surface area contributed by atoms with Gasteiger partial charge in [-0.05, 0) is 29.7 Å². The fourth-order valence-corrected chi connectivity index (χ4v) is 6.06. The minimum absolute atomic E-state index is 0.185. The van der Waals surface area contributed by atoms with Crippen LogP contribution >= 0.6 is 0 Å². The van der Waals surface area contributed by atoms with Crippen LogP contribution in [-0.4, -0.2) is 50.5 Å². The van der Waals surface area contributed by atoms with E-state index >= 15 is 0 Å². The van der Waals surface area contributed by atoms with Crippen LogP contribution in [-0.2, 0) is 10.3 Å². The van der Waals surface area contributed by atoms with Crippen molar-refractivity contribution in [3.8, 4) is 11.4 Å². The number of morpholine rings is 1. The second-order valence-corrected chi connectivity index (χ2v) is 10.6. The number of aromatic nitrogens is 5. The van der Waals surface area contributed by atoms with Crippen LogP contribution in [0.2, 0.25) is 0 Å². The van der Waals surface area contributed by atoms with Crippen molar-refractivity contribution in [3.05, 3.63) is 132 Å². The Hall–Kier alpha value is -5.08. The molecule has 0 spiro atoms. The maximum atomic E-state index is 6.35. The number of nitrogen functional groups attached to an aromatic ring is 1. The van der Waals surface area contributed by atoms with Gasteiger partial charge in [-0.1, -0.05) is 91.0 Å². The van der Waals surface area contributed by atoms with Crippen LogP contribution in [0.25, 0.3) is 22.4 Å². The minimum atomic E-state index is -0.790. The molecule has 4 heterocycles. The summed E-state index contributed by atoms with van der Waals surface area (Å²) >= 11 is 0. The van der Waals surface area contributed by atoms with Crippen LogP contribution in [0.15, 0.2) is 116 Å². The van der Waals surface area contributed by atoms with Gasteiger partial charge < -0.3 is 15.4 Å². The smallest absolute Gasteiger partial charge is 0.164 e. The van der Waals surface area contributed by atoms with Crippen LogP contribution in [0.1, 0.15) is 23.6 Å². The molecular weight excluding hydrogens is 522 g/mol. The zero-order valence-electron chi connectivity index (χ0n) is 23.3. The van der Waals surface area contributed by atoms with Crippen LogP contribution in [0.3, 0.4) is 0 Å². The Kier molecular flexibility index (Phi) is 6.60. The molecule has 0 amide bonds. The van der Waals surface area contributed by atoms with Crippen molar-refractivity contribution in [3.63, 3.8) is 0 Å². The third kappa shape index (κ3) is 4.28. The molecular formula is C34H31N7O. The van der Waals surface area contributed by atoms with E-state index in [1.807, 2.05) is 41.2 Å². The number of pyridine rings is 1. The summed E-state index contributed by atoms with van der Waals surface area (Å²) in [7, 11) is 0. The molecule has 3 aromatic heterocycles. The summed E-state index contributed by atoms with van der Waals surface area (Å²) in [6.45, 7) is 4.17. The van der Waals surface area contributed by atoms with Crippen LogP contribution in [0.5, 0.6) is 0 Å². The van der Waals surface area contributed by atoms with E-state index in [9.17, 15) is 0 Å². The summed E-state index contributed by atoms with van der Waals surface area (Å²) in [6.07, 6.45) is 3.66. The topological polar surface area (TPSA) is 95.0 Å². The fraction of sp³-hybridized carbons (Fsp3) is 0.176. The second-order valence-electron chi connectivity index (χ2n) is 10.6. The van der Waals surface area contributed by atoms with Crippen molar-refractivity contribution in [1.82, 2.24) is 24.7 Å². The molecule has 1 aliphatic heterocycles. The number of anilines is 2. The first kappa shape index (κ1) is 25.9. The van der Waals surface area contributed by atoms with Gasteiger partial charge in [-0.15, -0.1) is 0 Å². The van der Waals surface area contributed by atoms with Gasteiger partial charge in [0.1, 0.15) is 17.2 Å². The first-order chi connectivity index (χ1) is 20.7. The normalized spacial score (nSPS) is 15.6. The molecule has 1 unspecified atom stereocenters. The summed E-state index contributed by atoms with van der Waals surface area (Å²) in [5.41, 5.74) is 10.3. The number of hydrogen-bond acceptors (Lipinski definition) is 7. The summed E-state index contributed by atoms with van der Waals surface area (Å²) < 4.78 is 7.68. The monoisotopic (exact) mass is 553 g/mol. The van der Waals surface area contributed by atoms with E-state index in [0.29, 0.717) is 24.9 Å². The fourth-order valence-electron chi connectivity index (χ4n) is 6.06. The summed E-state index contributed by atoms with van der Waals surface area (Å²) in [5.74, 6) is 1.75. The number of benzene rings is 3. The largest absolute Gasteiger partial charge is 0.384 e. The molecule has 208 valence electrons. The molecule has 0 bridgehead atoms. The van der Waals surface area contributed by atoms with Crippen LogP contribution < -0.4 is 10.6 Å². The molecule has 3 aromatic carbocycles.